The lowest BCUT2D eigenvalue weighted by atomic mass is 9.74. The third-order valence-corrected chi connectivity index (χ3v) is 7.21. The molecule has 0 radical (unpaired) electrons. The van der Waals surface area contributed by atoms with Gasteiger partial charge in [0.05, 0.1) is 33.2 Å². The molecule has 0 aliphatic carbocycles. The van der Waals surface area contributed by atoms with E-state index < -0.39 is 6.09 Å². The number of nitrogens with one attached hydrogen (secondary N) is 1. The molecule has 2 aliphatic heterocycles. The number of anilines is 1. The molecular weight excluding hydrogens is 428 g/mol. The summed E-state index contributed by atoms with van der Waals surface area (Å²) in [5.41, 5.74) is 4.64. The first-order valence-corrected chi connectivity index (χ1v) is 11.8. The van der Waals surface area contributed by atoms with Crippen LogP contribution in [-0.4, -0.2) is 44.5 Å². The smallest absolute Gasteiger partial charge is 0.411 e. The van der Waals surface area contributed by atoms with Crippen LogP contribution >= 0.6 is 0 Å². The van der Waals surface area contributed by atoms with E-state index in [0.29, 0.717) is 6.61 Å². The Kier molecular flexibility index (Phi) is 6.16. The standard InChI is InChI=1S/C28H30N2O4/c1-32-25-15-21-13-14-30(17-20-9-5-3-6-10-20)18-22(27(30)24(21)16-26(25)33-2)19-34-28(31)29-23-11-7-4-8-12-23/h3-12,15-16,22,27H,13-14,17-19H2,1-2H3/p+1/t22-,27-,30+/m1/s1. The molecule has 3 atom stereocenters. The van der Waals surface area contributed by atoms with Gasteiger partial charge >= 0.3 is 6.09 Å². The van der Waals surface area contributed by atoms with Gasteiger partial charge in [0.2, 0.25) is 0 Å². The molecule has 1 N–H and O–H groups in total. The highest BCUT2D eigenvalue weighted by Crippen LogP contribution is 2.53. The van der Waals surface area contributed by atoms with Crippen LogP contribution in [0.3, 0.4) is 0 Å². The maximum absolute atomic E-state index is 12.4. The third kappa shape index (κ3) is 4.21. The molecule has 2 heterocycles. The Hall–Kier alpha value is -3.51. The number of amides is 1. The number of benzene rings is 3. The summed E-state index contributed by atoms with van der Waals surface area (Å²) in [6.45, 7) is 3.37. The summed E-state index contributed by atoms with van der Waals surface area (Å²) >= 11 is 0. The van der Waals surface area contributed by atoms with Gasteiger partial charge in [-0.1, -0.05) is 48.5 Å². The van der Waals surface area contributed by atoms with E-state index in [0.717, 1.165) is 47.7 Å². The van der Waals surface area contributed by atoms with Crippen molar-refractivity contribution in [2.24, 2.45) is 5.92 Å². The molecular formula is C28H31N2O4+. The van der Waals surface area contributed by atoms with Crippen LogP contribution in [0.4, 0.5) is 10.5 Å². The summed E-state index contributed by atoms with van der Waals surface area (Å²) in [6, 6.07) is 24.5. The zero-order valence-electron chi connectivity index (χ0n) is 19.7. The number of ether oxygens (including phenoxy) is 3. The molecule has 6 nitrogen and oxygen atoms in total. The average Bonchev–Trinajstić information content (AvgIpc) is 2.85. The van der Waals surface area contributed by atoms with Crippen LogP contribution < -0.4 is 14.8 Å². The number of carbonyl (C=O) groups excluding carboxylic acids is 1. The summed E-state index contributed by atoms with van der Waals surface area (Å²) in [7, 11) is 3.35. The summed E-state index contributed by atoms with van der Waals surface area (Å²) in [5.74, 6) is 1.75. The molecule has 1 fully saturated rings. The lowest BCUT2D eigenvalue weighted by molar-refractivity contribution is -1.02. The maximum atomic E-state index is 12.4. The van der Waals surface area contributed by atoms with Crippen molar-refractivity contribution in [1.82, 2.24) is 0 Å². The number of nitrogens with zero attached hydrogens (tertiary/aromatic N) is 1. The summed E-state index contributed by atoms with van der Waals surface area (Å²) in [4.78, 5) is 12.4. The predicted molar refractivity (Wildman–Crippen MR) is 131 cm³/mol. The molecule has 0 unspecified atom stereocenters. The lowest BCUT2D eigenvalue weighted by Gasteiger charge is -2.59. The third-order valence-electron chi connectivity index (χ3n) is 7.21. The van der Waals surface area contributed by atoms with E-state index in [-0.39, 0.29) is 12.0 Å². The van der Waals surface area contributed by atoms with E-state index in [9.17, 15) is 4.79 Å². The van der Waals surface area contributed by atoms with Crippen molar-refractivity contribution in [3.63, 3.8) is 0 Å². The Balaban J connectivity index is 1.39. The first kappa shape index (κ1) is 22.3. The minimum atomic E-state index is -0.414. The average molecular weight is 460 g/mol. The molecule has 1 amide bonds. The highest BCUT2D eigenvalue weighted by Gasteiger charge is 2.57. The Morgan fingerprint density at radius 1 is 0.971 bits per heavy atom. The number of hydrogen-bond acceptors (Lipinski definition) is 4. The van der Waals surface area contributed by atoms with E-state index in [1.165, 1.54) is 16.7 Å². The Labute approximate surface area is 200 Å². The number of para-hydroxylation sites is 1. The number of quaternary nitrogens is 1. The van der Waals surface area contributed by atoms with Crippen LogP contribution in [0.25, 0.3) is 0 Å². The highest BCUT2D eigenvalue weighted by molar-refractivity contribution is 5.84. The number of rotatable bonds is 7. The fourth-order valence-corrected chi connectivity index (χ4v) is 5.73. The zero-order valence-corrected chi connectivity index (χ0v) is 19.7. The Morgan fingerprint density at radius 2 is 1.65 bits per heavy atom. The van der Waals surface area contributed by atoms with Gasteiger partial charge in [-0.2, -0.15) is 0 Å². The molecule has 3 aromatic carbocycles. The zero-order chi connectivity index (χ0) is 23.5. The maximum Gasteiger partial charge on any atom is 0.411 e. The van der Waals surface area contributed by atoms with Gasteiger partial charge in [-0.25, -0.2) is 4.79 Å². The first-order chi connectivity index (χ1) is 16.6. The largest absolute Gasteiger partial charge is 0.493 e. The van der Waals surface area contributed by atoms with Crippen molar-refractivity contribution in [2.75, 3.05) is 39.2 Å². The summed E-state index contributed by atoms with van der Waals surface area (Å²) in [6.07, 6.45) is 0.573. The van der Waals surface area contributed by atoms with Gasteiger partial charge < -0.3 is 18.7 Å². The molecule has 5 rings (SSSR count). The lowest BCUT2D eigenvalue weighted by Crippen LogP contribution is -2.68. The normalized spacial score (nSPS) is 22.5. The SMILES string of the molecule is COc1cc2c(cc1OC)[C@H]1[C@@H](COC(=O)Nc3ccccc3)C[N@@+]1(Cc1ccccc1)CC2. The monoisotopic (exact) mass is 459 g/mol. The quantitative estimate of drug-likeness (QED) is 0.494. The van der Waals surface area contributed by atoms with Crippen molar-refractivity contribution in [1.29, 1.82) is 0 Å². The molecule has 0 bridgehead atoms. The van der Waals surface area contributed by atoms with Gasteiger partial charge in [0.15, 0.2) is 11.5 Å². The molecule has 176 valence electrons. The Morgan fingerprint density at radius 3 is 2.35 bits per heavy atom. The molecule has 1 saturated heterocycles. The van der Waals surface area contributed by atoms with E-state index in [1.807, 2.05) is 30.3 Å². The van der Waals surface area contributed by atoms with Crippen LogP contribution in [0.5, 0.6) is 11.5 Å². The van der Waals surface area contributed by atoms with Crippen molar-refractivity contribution < 1.29 is 23.5 Å². The first-order valence-electron chi connectivity index (χ1n) is 11.8. The minimum absolute atomic E-state index is 0.238. The second-order valence-corrected chi connectivity index (χ2v) is 9.22. The van der Waals surface area contributed by atoms with Crippen LogP contribution in [0.1, 0.15) is 22.7 Å². The van der Waals surface area contributed by atoms with E-state index in [1.54, 1.807) is 14.2 Å². The van der Waals surface area contributed by atoms with Crippen LogP contribution in [0, 0.1) is 5.92 Å². The molecule has 2 aliphatic rings. The molecule has 34 heavy (non-hydrogen) atoms. The summed E-state index contributed by atoms with van der Waals surface area (Å²) in [5, 5.41) is 2.82. The second-order valence-electron chi connectivity index (χ2n) is 9.22. The fourth-order valence-electron chi connectivity index (χ4n) is 5.73. The van der Waals surface area contributed by atoms with Gasteiger partial charge in [-0.05, 0) is 29.8 Å². The van der Waals surface area contributed by atoms with Gasteiger partial charge in [-0.3, -0.25) is 5.32 Å². The van der Waals surface area contributed by atoms with Gasteiger partial charge in [0.25, 0.3) is 0 Å². The molecule has 0 spiro atoms. The van der Waals surface area contributed by atoms with Crippen molar-refractivity contribution in [3.05, 3.63) is 89.5 Å². The number of carbonyl (C=O) groups is 1. The van der Waals surface area contributed by atoms with Gasteiger partial charge in [-0.15, -0.1) is 0 Å². The van der Waals surface area contributed by atoms with Crippen molar-refractivity contribution >= 4 is 11.8 Å². The number of fused-ring (bicyclic) bond motifs is 3. The molecule has 6 heteroatoms. The van der Waals surface area contributed by atoms with Crippen molar-refractivity contribution in [3.8, 4) is 11.5 Å². The van der Waals surface area contributed by atoms with Gasteiger partial charge in [0.1, 0.15) is 19.2 Å². The van der Waals surface area contributed by atoms with E-state index in [2.05, 4.69) is 47.8 Å². The molecule has 0 saturated carbocycles. The highest BCUT2D eigenvalue weighted by atomic mass is 16.5. The Bertz CT molecular complexity index is 1150. The van der Waals surface area contributed by atoms with E-state index >= 15 is 0 Å². The molecule has 0 aromatic heterocycles. The summed E-state index contributed by atoms with van der Waals surface area (Å²) < 4.78 is 17.9. The number of hydrogen-bond donors (Lipinski definition) is 1. The van der Waals surface area contributed by atoms with Crippen LogP contribution in [0.15, 0.2) is 72.8 Å². The fraction of sp³-hybridized carbons (Fsp3) is 0.321. The topological polar surface area (TPSA) is 56.8 Å². The molecule has 3 aromatic rings. The van der Waals surface area contributed by atoms with E-state index in [4.69, 9.17) is 14.2 Å². The van der Waals surface area contributed by atoms with Crippen LogP contribution in [0.2, 0.25) is 0 Å². The predicted octanol–water partition coefficient (Wildman–Crippen LogP) is 5.20. The van der Waals surface area contributed by atoms with Gasteiger partial charge in [0, 0.05) is 23.2 Å². The number of methoxy groups -OCH3 is 2. The second kappa shape index (κ2) is 9.39. The van der Waals surface area contributed by atoms with Crippen LogP contribution in [-0.2, 0) is 17.7 Å². The minimum Gasteiger partial charge on any atom is -0.493 e. The van der Waals surface area contributed by atoms with Crippen molar-refractivity contribution in [2.45, 2.75) is 19.0 Å².